The monoisotopic (exact) mass is 162 g/mol. The predicted octanol–water partition coefficient (Wildman–Crippen LogP) is 2.46. The largest absolute Gasteiger partial charge is 0.365 e. The van der Waals surface area contributed by atoms with Crippen molar-refractivity contribution in [2.75, 3.05) is 0 Å². The topological polar surface area (TPSA) is 12.5 Å². The lowest BCUT2D eigenvalue weighted by Gasteiger charge is -2.03. The first-order valence-corrected chi connectivity index (χ1v) is 4.51. The molecule has 0 spiro atoms. The molecule has 0 radical (unpaired) electrons. The van der Waals surface area contributed by atoms with Crippen molar-refractivity contribution in [2.24, 2.45) is 5.92 Å². The quantitative estimate of drug-likeness (QED) is 0.449. The van der Waals surface area contributed by atoms with Crippen LogP contribution in [0.5, 0.6) is 0 Å². The molecule has 12 heavy (non-hydrogen) atoms. The molecule has 0 bridgehead atoms. The fraction of sp³-hybridized carbons (Fsp3) is 0.455. The van der Waals surface area contributed by atoms with Crippen LogP contribution in [0.1, 0.15) is 12.8 Å². The standard InChI is InChI=1S/C11H14O/c1-2-10-11(12-10)9-7-5-3-4-6-8-9/h2-3,5-6,8-11H,1,4,7H2/t9-,10+,11+/m0/s1. The third-order valence-electron chi connectivity index (χ3n) is 2.45. The molecule has 1 fully saturated rings. The Hall–Kier alpha value is -0.820. The van der Waals surface area contributed by atoms with Gasteiger partial charge in [0.2, 0.25) is 0 Å². The lowest BCUT2D eigenvalue weighted by atomic mass is 9.99. The van der Waals surface area contributed by atoms with Crippen molar-refractivity contribution in [1.29, 1.82) is 0 Å². The molecule has 0 unspecified atom stereocenters. The fourth-order valence-corrected chi connectivity index (χ4v) is 1.67. The van der Waals surface area contributed by atoms with Gasteiger partial charge in [-0.15, -0.1) is 6.58 Å². The summed E-state index contributed by atoms with van der Waals surface area (Å²) in [5, 5.41) is 0. The molecule has 64 valence electrons. The van der Waals surface area contributed by atoms with E-state index in [0.717, 1.165) is 12.8 Å². The van der Waals surface area contributed by atoms with Crippen LogP contribution in [0.15, 0.2) is 37.0 Å². The van der Waals surface area contributed by atoms with Gasteiger partial charge in [-0.2, -0.15) is 0 Å². The molecule has 2 aliphatic rings. The van der Waals surface area contributed by atoms with Gasteiger partial charge in [0.1, 0.15) is 6.10 Å². The Kier molecular flexibility index (Phi) is 2.13. The Balaban J connectivity index is 1.95. The highest BCUT2D eigenvalue weighted by molar-refractivity contribution is 5.11. The van der Waals surface area contributed by atoms with E-state index in [0.29, 0.717) is 18.1 Å². The second-order valence-corrected chi connectivity index (χ2v) is 3.34. The third kappa shape index (κ3) is 1.51. The first-order chi connectivity index (χ1) is 5.92. The first kappa shape index (κ1) is 7.81. The maximum Gasteiger partial charge on any atom is 0.103 e. The second kappa shape index (κ2) is 3.28. The van der Waals surface area contributed by atoms with Gasteiger partial charge >= 0.3 is 0 Å². The van der Waals surface area contributed by atoms with Crippen molar-refractivity contribution in [3.63, 3.8) is 0 Å². The molecule has 1 aliphatic heterocycles. The number of hydrogen-bond donors (Lipinski definition) is 0. The maximum absolute atomic E-state index is 5.46. The van der Waals surface area contributed by atoms with Crippen LogP contribution in [0.2, 0.25) is 0 Å². The van der Waals surface area contributed by atoms with Gasteiger partial charge in [0.05, 0.1) is 6.10 Å². The molecule has 1 heteroatoms. The second-order valence-electron chi connectivity index (χ2n) is 3.34. The highest BCUT2D eigenvalue weighted by Crippen LogP contribution is 2.34. The Morgan fingerprint density at radius 2 is 2.25 bits per heavy atom. The van der Waals surface area contributed by atoms with Crippen molar-refractivity contribution in [2.45, 2.75) is 25.0 Å². The molecular formula is C11H14O. The van der Waals surface area contributed by atoms with E-state index in [-0.39, 0.29) is 0 Å². The van der Waals surface area contributed by atoms with Gasteiger partial charge < -0.3 is 4.74 Å². The Morgan fingerprint density at radius 3 is 3.00 bits per heavy atom. The van der Waals surface area contributed by atoms with Crippen molar-refractivity contribution < 1.29 is 4.74 Å². The summed E-state index contributed by atoms with van der Waals surface area (Å²) >= 11 is 0. The molecule has 0 saturated carbocycles. The van der Waals surface area contributed by atoms with Gasteiger partial charge in [0.25, 0.3) is 0 Å². The summed E-state index contributed by atoms with van der Waals surface area (Å²) < 4.78 is 5.46. The molecule has 1 aliphatic carbocycles. The van der Waals surface area contributed by atoms with Crippen LogP contribution < -0.4 is 0 Å². The zero-order valence-corrected chi connectivity index (χ0v) is 7.15. The van der Waals surface area contributed by atoms with E-state index < -0.39 is 0 Å². The summed E-state index contributed by atoms with van der Waals surface area (Å²) in [7, 11) is 0. The van der Waals surface area contributed by atoms with E-state index in [4.69, 9.17) is 4.74 Å². The van der Waals surface area contributed by atoms with Crippen LogP contribution in [0.25, 0.3) is 0 Å². The first-order valence-electron chi connectivity index (χ1n) is 4.51. The van der Waals surface area contributed by atoms with E-state index in [1.165, 1.54) is 0 Å². The molecule has 3 atom stereocenters. The molecular weight excluding hydrogens is 148 g/mol. The average Bonchev–Trinajstić information content (AvgIpc) is 2.89. The van der Waals surface area contributed by atoms with Gasteiger partial charge in [0, 0.05) is 5.92 Å². The van der Waals surface area contributed by atoms with Crippen molar-refractivity contribution in [1.82, 2.24) is 0 Å². The molecule has 2 rings (SSSR count). The minimum Gasteiger partial charge on any atom is -0.365 e. The van der Waals surface area contributed by atoms with Crippen LogP contribution in [0, 0.1) is 5.92 Å². The Labute approximate surface area is 73.4 Å². The maximum atomic E-state index is 5.46. The van der Waals surface area contributed by atoms with Gasteiger partial charge in [-0.3, -0.25) is 0 Å². The SMILES string of the molecule is C=C[C@H]1O[C@@H]1[C@@H]1C=CCC=CC1. The third-order valence-corrected chi connectivity index (χ3v) is 2.45. The average molecular weight is 162 g/mol. The molecule has 1 nitrogen and oxygen atoms in total. The van der Waals surface area contributed by atoms with Crippen LogP contribution in [0.3, 0.4) is 0 Å². The summed E-state index contributed by atoms with van der Waals surface area (Å²) in [6.45, 7) is 3.72. The molecule has 0 aromatic carbocycles. The number of hydrogen-bond acceptors (Lipinski definition) is 1. The van der Waals surface area contributed by atoms with E-state index >= 15 is 0 Å². The summed E-state index contributed by atoms with van der Waals surface area (Å²) in [5.74, 6) is 0.576. The van der Waals surface area contributed by atoms with E-state index in [9.17, 15) is 0 Å². The summed E-state index contributed by atoms with van der Waals surface area (Å²) in [4.78, 5) is 0. The molecule has 0 aromatic heterocycles. The molecule has 0 N–H and O–H groups in total. The minimum absolute atomic E-state index is 0.311. The van der Waals surface area contributed by atoms with Crippen molar-refractivity contribution in [3.8, 4) is 0 Å². The van der Waals surface area contributed by atoms with E-state index in [2.05, 4.69) is 30.9 Å². The number of rotatable bonds is 2. The van der Waals surface area contributed by atoms with Gasteiger partial charge in [-0.05, 0) is 12.8 Å². The smallest absolute Gasteiger partial charge is 0.103 e. The highest BCUT2D eigenvalue weighted by atomic mass is 16.6. The summed E-state index contributed by atoms with van der Waals surface area (Å²) in [5.41, 5.74) is 0. The van der Waals surface area contributed by atoms with Crippen molar-refractivity contribution >= 4 is 0 Å². The number of allylic oxidation sites excluding steroid dienone is 3. The van der Waals surface area contributed by atoms with Gasteiger partial charge in [0.15, 0.2) is 0 Å². The zero-order valence-electron chi connectivity index (χ0n) is 7.15. The van der Waals surface area contributed by atoms with Crippen LogP contribution in [0.4, 0.5) is 0 Å². The van der Waals surface area contributed by atoms with Crippen LogP contribution in [-0.2, 0) is 4.74 Å². The minimum atomic E-state index is 0.311. The molecule has 0 aromatic rings. The molecule has 0 amide bonds. The molecule has 1 heterocycles. The van der Waals surface area contributed by atoms with Crippen LogP contribution in [-0.4, -0.2) is 12.2 Å². The lowest BCUT2D eigenvalue weighted by molar-refractivity contribution is 0.350. The Bertz CT molecular complexity index is 227. The number of ether oxygens (including phenoxy) is 1. The van der Waals surface area contributed by atoms with Crippen LogP contribution >= 0.6 is 0 Å². The summed E-state index contributed by atoms with van der Waals surface area (Å²) in [6, 6.07) is 0. The zero-order chi connectivity index (χ0) is 8.39. The van der Waals surface area contributed by atoms with E-state index in [1.807, 2.05) is 6.08 Å². The number of epoxide rings is 1. The predicted molar refractivity (Wildman–Crippen MR) is 49.9 cm³/mol. The fourth-order valence-electron chi connectivity index (χ4n) is 1.67. The van der Waals surface area contributed by atoms with Gasteiger partial charge in [-0.25, -0.2) is 0 Å². The Morgan fingerprint density at radius 1 is 1.33 bits per heavy atom. The van der Waals surface area contributed by atoms with Gasteiger partial charge in [-0.1, -0.05) is 30.4 Å². The van der Waals surface area contributed by atoms with E-state index in [1.54, 1.807) is 0 Å². The lowest BCUT2D eigenvalue weighted by Crippen LogP contribution is -2.05. The van der Waals surface area contributed by atoms with Crippen molar-refractivity contribution in [3.05, 3.63) is 37.0 Å². The normalized spacial score (nSPS) is 39.2. The summed E-state index contributed by atoms with van der Waals surface area (Å²) in [6.07, 6.45) is 13.7. The molecule has 1 saturated heterocycles. The highest BCUT2D eigenvalue weighted by Gasteiger charge is 2.40.